The van der Waals surface area contributed by atoms with Crippen LogP contribution in [0.2, 0.25) is 0 Å². The predicted molar refractivity (Wildman–Crippen MR) is 43.7 cm³/mol. The van der Waals surface area contributed by atoms with Crippen LogP contribution in [0.1, 0.15) is 12.8 Å². The number of hydrogen-bond acceptors (Lipinski definition) is 5. The summed E-state index contributed by atoms with van der Waals surface area (Å²) in [5.74, 6) is 0.943. The van der Waals surface area contributed by atoms with Gasteiger partial charge in [0.25, 0.3) is 5.89 Å². The van der Waals surface area contributed by atoms with E-state index in [4.69, 9.17) is 4.42 Å². The van der Waals surface area contributed by atoms with Gasteiger partial charge in [0, 0.05) is 13.5 Å². The maximum absolute atomic E-state index is 5.19. The molecule has 0 unspecified atom stereocenters. The van der Waals surface area contributed by atoms with Crippen molar-refractivity contribution in [1.29, 1.82) is 0 Å². The van der Waals surface area contributed by atoms with Crippen LogP contribution in [-0.4, -0.2) is 25.2 Å². The van der Waals surface area contributed by atoms with Crippen molar-refractivity contribution in [3.63, 3.8) is 0 Å². The van der Waals surface area contributed by atoms with E-state index < -0.39 is 0 Å². The summed E-state index contributed by atoms with van der Waals surface area (Å²) >= 11 is 0. The Hall–Kier alpha value is -1.72. The van der Waals surface area contributed by atoms with Gasteiger partial charge in [0.1, 0.15) is 0 Å². The Kier molecular flexibility index (Phi) is 1.80. The zero-order chi connectivity index (χ0) is 9.26. The summed E-state index contributed by atoms with van der Waals surface area (Å²) in [6, 6.07) is 0. The second-order valence-electron chi connectivity index (χ2n) is 2.59. The highest BCUT2D eigenvalue weighted by molar-refractivity contribution is 5.42. The summed E-state index contributed by atoms with van der Waals surface area (Å²) in [6.45, 7) is 4.50. The fourth-order valence-corrected chi connectivity index (χ4v) is 0.951. The van der Waals surface area contributed by atoms with Crippen LogP contribution in [-0.2, 0) is 6.54 Å². The molecule has 0 aromatic carbocycles. The lowest BCUT2D eigenvalue weighted by molar-refractivity contribution is 0.531. The average molecular weight is 179 g/mol. The van der Waals surface area contributed by atoms with Gasteiger partial charge >= 0.3 is 0 Å². The molecule has 0 saturated heterocycles. The van der Waals surface area contributed by atoms with E-state index >= 15 is 0 Å². The first-order valence-corrected chi connectivity index (χ1v) is 4.00. The normalized spacial score (nSPS) is 10.6. The Morgan fingerprint density at radius 1 is 1.38 bits per heavy atom. The molecule has 2 aromatic heterocycles. The third kappa shape index (κ3) is 1.42. The summed E-state index contributed by atoms with van der Waals surface area (Å²) in [7, 11) is 0. The minimum atomic E-state index is 0.414. The number of aromatic nitrogens is 5. The molecule has 0 radical (unpaired) electrons. The predicted octanol–water partition coefficient (Wildman–Crippen LogP) is 0.656. The zero-order valence-corrected chi connectivity index (χ0v) is 7.43. The molecule has 6 nitrogen and oxygen atoms in total. The molecule has 0 amide bonds. The number of nitrogens with zero attached hydrogens (tertiary/aromatic N) is 5. The Morgan fingerprint density at radius 2 is 2.23 bits per heavy atom. The maximum atomic E-state index is 5.19. The summed E-state index contributed by atoms with van der Waals surface area (Å²) in [4.78, 5) is 0. The van der Waals surface area contributed by atoms with Crippen LogP contribution in [0.4, 0.5) is 0 Å². The molecule has 68 valence electrons. The van der Waals surface area contributed by atoms with Crippen molar-refractivity contribution < 1.29 is 4.42 Å². The summed E-state index contributed by atoms with van der Waals surface area (Å²) < 4.78 is 6.89. The van der Waals surface area contributed by atoms with Gasteiger partial charge in [-0.05, 0) is 6.92 Å². The van der Waals surface area contributed by atoms with Crippen LogP contribution in [0.5, 0.6) is 0 Å². The molecule has 2 aromatic rings. The standard InChI is InChI=1S/C7H9N5O/c1-3-12-4-6(9-11-12)7-10-8-5(2)13-7/h4H,3H2,1-2H3. The molecule has 0 saturated carbocycles. The van der Waals surface area contributed by atoms with E-state index in [0.29, 0.717) is 17.5 Å². The second kappa shape index (κ2) is 2.96. The molecule has 0 bridgehead atoms. The fraction of sp³-hybridized carbons (Fsp3) is 0.429. The summed E-state index contributed by atoms with van der Waals surface area (Å²) in [5, 5.41) is 15.3. The van der Waals surface area contributed by atoms with E-state index in [2.05, 4.69) is 20.5 Å². The van der Waals surface area contributed by atoms with Crippen LogP contribution < -0.4 is 0 Å². The second-order valence-corrected chi connectivity index (χ2v) is 2.59. The van der Waals surface area contributed by atoms with E-state index in [9.17, 15) is 0 Å². The van der Waals surface area contributed by atoms with Gasteiger partial charge in [-0.15, -0.1) is 15.3 Å². The smallest absolute Gasteiger partial charge is 0.269 e. The average Bonchev–Trinajstić information content (AvgIpc) is 2.71. The molecule has 6 heteroatoms. The highest BCUT2D eigenvalue weighted by Gasteiger charge is 2.09. The highest BCUT2D eigenvalue weighted by Crippen LogP contribution is 2.12. The van der Waals surface area contributed by atoms with Crippen LogP contribution in [0, 0.1) is 6.92 Å². The minimum Gasteiger partial charge on any atom is -0.420 e. The molecule has 0 aliphatic heterocycles. The Labute approximate surface area is 74.6 Å². The van der Waals surface area contributed by atoms with Gasteiger partial charge in [-0.2, -0.15) is 0 Å². The molecule has 0 aliphatic rings. The monoisotopic (exact) mass is 179 g/mol. The SMILES string of the molecule is CCn1cc(-c2nnc(C)o2)nn1. The summed E-state index contributed by atoms with van der Waals surface area (Å²) in [5.41, 5.74) is 0.613. The van der Waals surface area contributed by atoms with Crippen LogP contribution in [0.15, 0.2) is 10.6 Å². The van der Waals surface area contributed by atoms with Crippen molar-refractivity contribution >= 4 is 0 Å². The third-order valence-electron chi connectivity index (χ3n) is 1.61. The van der Waals surface area contributed by atoms with E-state index in [1.54, 1.807) is 17.8 Å². The van der Waals surface area contributed by atoms with Gasteiger partial charge in [-0.25, -0.2) is 0 Å². The van der Waals surface area contributed by atoms with E-state index in [1.165, 1.54) is 0 Å². The van der Waals surface area contributed by atoms with Gasteiger partial charge < -0.3 is 4.42 Å². The molecule has 13 heavy (non-hydrogen) atoms. The van der Waals surface area contributed by atoms with E-state index in [-0.39, 0.29) is 0 Å². The van der Waals surface area contributed by atoms with Gasteiger partial charge in [-0.3, -0.25) is 4.68 Å². The molecule has 0 N–H and O–H groups in total. The van der Waals surface area contributed by atoms with Crippen LogP contribution >= 0.6 is 0 Å². The van der Waals surface area contributed by atoms with Crippen molar-refractivity contribution in [2.75, 3.05) is 0 Å². The van der Waals surface area contributed by atoms with Gasteiger partial charge in [0.2, 0.25) is 5.89 Å². The molecular formula is C7H9N5O. The maximum Gasteiger partial charge on any atom is 0.269 e. The van der Waals surface area contributed by atoms with E-state index in [1.807, 2.05) is 6.92 Å². The van der Waals surface area contributed by atoms with Gasteiger partial charge in [0.05, 0.1) is 6.20 Å². The summed E-state index contributed by atoms with van der Waals surface area (Å²) in [6.07, 6.45) is 1.77. The van der Waals surface area contributed by atoms with Crippen molar-refractivity contribution in [1.82, 2.24) is 25.2 Å². The van der Waals surface area contributed by atoms with Crippen molar-refractivity contribution in [2.24, 2.45) is 0 Å². The first-order chi connectivity index (χ1) is 6.29. The molecule has 0 aliphatic carbocycles. The van der Waals surface area contributed by atoms with Crippen molar-refractivity contribution in [2.45, 2.75) is 20.4 Å². The quantitative estimate of drug-likeness (QED) is 0.677. The number of aryl methyl sites for hydroxylation is 2. The molecular weight excluding hydrogens is 170 g/mol. The Bertz CT molecular complexity index is 404. The van der Waals surface area contributed by atoms with E-state index in [0.717, 1.165) is 6.54 Å². The number of rotatable bonds is 2. The lowest BCUT2D eigenvalue weighted by Crippen LogP contribution is -1.93. The van der Waals surface area contributed by atoms with Crippen LogP contribution in [0.3, 0.4) is 0 Å². The molecule has 2 heterocycles. The molecule has 0 atom stereocenters. The third-order valence-corrected chi connectivity index (χ3v) is 1.61. The van der Waals surface area contributed by atoms with Crippen molar-refractivity contribution in [3.05, 3.63) is 12.1 Å². The Balaban J connectivity index is 2.35. The Morgan fingerprint density at radius 3 is 2.77 bits per heavy atom. The molecule has 0 fully saturated rings. The molecule has 2 rings (SSSR count). The first kappa shape index (κ1) is 7.90. The largest absolute Gasteiger partial charge is 0.420 e. The zero-order valence-electron chi connectivity index (χ0n) is 7.43. The van der Waals surface area contributed by atoms with Crippen molar-refractivity contribution in [3.8, 4) is 11.6 Å². The lowest BCUT2D eigenvalue weighted by atomic mass is 10.5. The van der Waals surface area contributed by atoms with Gasteiger partial charge in [0.15, 0.2) is 5.69 Å². The fourth-order valence-electron chi connectivity index (χ4n) is 0.951. The highest BCUT2D eigenvalue weighted by atomic mass is 16.4. The molecule has 0 spiro atoms. The minimum absolute atomic E-state index is 0.414. The topological polar surface area (TPSA) is 69.6 Å². The van der Waals surface area contributed by atoms with Crippen LogP contribution in [0.25, 0.3) is 11.6 Å². The van der Waals surface area contributed by atoms with Gasteiger partial charge in [-0.1, -0.05) is 5.21 Å². The lowest BCUT2D eigenvalue weighted by Gasteiger charge is -1.86. The first-order valence-electron chi connectivity index (χ1n) is 4.00. The number of hydrogen-bond donors (Lipinski definition) is 0.